The van der Waals surface area contributed by atoms with Crippen molar-refractivity contribution in [1.82, 2.24) is 29.6 Å². The third-order valence-electron chi connectivity index (χ3n) is 7.90. The highest BCUT2D eigenvalue weighted by atomic mass is 32.1. The zero-order valence-electron chi connectivity index (χ0n) is 20.1. The molecule has 198 valence electrons. The van der Waals surface area contributed by atoms with Crippen LogP contribution in [0.5, 0.6) is 0 Å². The summed E-state index contributed by atoms with van der Waals surface area (Å²) < 4.78 is 55.7. The molecule has 0 bridgehead atoms. The summed E-state index contributed by atoms with van der Waals surface area (Å²) >= 11 is 1.05. The smallest absolute Gasteiger partial charge is 0.324 e. The van der Waals surface area contributed by atoms with E-state index in [1.807, 2.05) is 12.1 Å². The Morgan fingerprint density at radius 1 is 1.16 bits per heavy atom. The largest absolute Gasteiger partial charge is 0.408 e. The molecule has 3 aliphatic rings. The van der Waals surface area contributed by atoms with Crippen molar-refractivity contribution in [2.45, 2.75) is 55.8 Å². The number of nitrogens with one attached hydrogen (secondary N) is 2. The minimum Gasteiger partial charge on any atom is -0.324 e. The summed E-state index contributed by atoms with van der Waals surface area (Å²) in [6, 6.07) is 6.07. The van der Waals surface area contributed by atoms with E-state index in [9.17, 15) is 22.4 Å². The number of benzene rings is 1. The lowest BCUT2D eigenvalue weighted by Gasteiger charge is -2.26. The van der Waals surface area contributed by atoms with E-state index in [1.165, 1.54) is 17.3 Å². The molecule has 1 aromatic carbocycles. The Kier molecular flexibility index (Phi) is 5.06. The molecule has 7 rings (SSSR count). The second-order valence-corrected chi connectivity index (χ2v) is 11.4. The molecule has 2 aliphatic carbocycles. The first-order valence-electron chi connectivity index (χ1n) is 12.4. The summed E-state index contributed by atoms with van der Waals surface area (Å²) in [5.74, 6) is 0.138. The molecule has 0 amide bonds. The lowest BCUT2D eigenvalue weighted by Crippen LogP contribution is -2.33. The highest BCUT2D eigenvalue weighted by molar-refractivity contribution is 7.12. The van der Waals surface area contributed by atoms with Crippen LogP contribution < -0.4 is 16.2 Å². The molecule has 13 heteroatoms. The standard InChI is InChI=1S/C25H23F4N7OS/c26-11-23(3-4-23)18-10-38-22(33-18)36-19-16(20(37)35(36)13-25(27,28)29)9-31-21(34-19)32-15-1-2-17-14(7-15)8-30-12-24(17)5-6-24/h1-2,7,9-10,30H,3-6,8,11-13H2,(H,31,32,34). The molecule has 0 saturated heterocycles. The van der Waals surface area contributed by atoms with E-state index in [0.717, 1.165) is 47.6 Å². The zero-order valence-corrected chi connectivity index (χ0v) is 20.9. The maximum Gasteiger partial charge on any atom is 0.408 e. The summed E-state index contributed by atoms with van der Waals surface area (Å²) in [4.78, 5) is 26.1. The van der Waals surface area contributed by atoms with Crippen molar-refractivity contribution >= 4 is 34.0 Å². The number of thiazole rings is 1. The lowest BCUT2D eigenvalue weighted by molar-refractivity contribution is -0.144. The van der Waals surface area contributed by atoms with Crippen LogP contribution in [0.3, 0.4) is 0 Å². The van der Waals surface area contributed by atoms with Gasteiger partial charge in [-0.3, -0.25) is 9.18 Å². The van der Waals surface area contributed by atoms with Crippen molar-refractivity contribution < 1.29 is 17.6 Å². The number of fused-ring (bicyclic) bond motifs is 3. The minimum atomic E-state index is -4.66. The normalized spacial score (nSPS) is 19.1. The van der Waals surface area contributed by atoms with E-state index in [-0.39, 0.29) is 27.5 Å². The van der Waals surface area contributed by atoms with Crippen LogP contribution in [0.2, 0.25) is 0 Å². The van der Waals surface area contributed by atoms with Gasteiger partial charge < -0.3 is 10.6 Å². The van der Waals surface area contributed by atoms with Crippen LogP contribution in [0.1, 0.15) is 42.5 Å². The predicted octanol–water partition coefficient (Wildman–Crippen LogP) is 4.48. The molecule has 8 nitrogen and oxygen atoms in total. The predicted molar refractivity (Wildman–Crippen MR) is 134 cm³/mol. The Morgan fingerprint density at radius 2 is 1.97 bits per heavy atom. The summed E-state index contributed by atoms with van der Waals surface area (Å²) in [6.45, 7) is -0.387. The SMILES string of the molecule is O=c1c2cnc(Nc3ccc4c(c3)CNCC43CC3)nc2n(-c2nc(C3(CF)CC3)cs2)n1CC(F)(F)F. The van der Waals surface area contributed by atoms with Gasteiger partial charge in [-0.25, -0.2) is 19.3 Å². The maximum absolute atomic E-state index is 13.6. The number of hydrogen-bond donors (Lipinski definition) is 2. The van der Waals surface area contributed by atoms with Gasteiger partial charge in [-0.05, 0) is 48.9 Å². The van der Waals surface area contributed by atoms with Crippen LogP contribution in [0.4, 0.5) is 29.2 Å². The Balaban J connectivity index is 1.30. The molecule has 2 fully saturated rings. The summed E-state index contributed by atoms with van der Waals surface area (Å²) in [5.41, 5.74) is 2.42. The fourth-order valence-corrected chi connectivity index (χ4v) is 6.36. The van der Waals surface area contributed by atoms with Crippen LogP contribution >= 0.6 is 11.3 Å². The first-order valence-corrected chi connectivity index (χ1v) is 13.3. The Bertz CT molecular complexity index is 1630. The number of nitrogens with zero attached hydrogens (tertiary/aromatic N) is 5. The molecule has 0 unspecified atom stereocenters. The highest BCUT2D eigenvalue weighted by Gasteiger charge is 2.47. The monoisotopic (exact) mass is 545 g/mol. The fourth-order valence-electron chi connectivity index (χ4n) is 5.40. The number of halogens is 4. The second kappa shape index (κ2) is 8.09. The van der Waals surface area contributed by atoms with Crippen LogP contribution in [0, 0.1) is 0 Å². The first-order chi connectivity index (χ1) is 18.2. The summed E-state index contributed by atoms with van der Waals surface area (Å²) in [6.07, 6.45) is 0.156. The topological polar surface area (TPSA) is 89.7 Å². The quantitative estimate of drug-likeness (QED) is 0.348. The van der Waals surface area contributed by atoms with E-state index in [0.29, 0.717) is 23.2 Å². The van der Waals surface area contributed by atoms with E-state index in [2.05, 4.69) is 31.7 Å². The van der Waals surface area contributed by atoms with Crippen LogP contribution in [0.25, 0.3) is 16.2 Å². The first kappa shape index (κ1) is 23.8. The number of alkyl halides is 4. The van der Waals surface area contributed by atoms with E-state index < -0.39 is 30.4 Å². The van der Waals surface area contributed by atoms with Crippen molar-refractivity contribution in [2.75, 3.05) is 18.5 Å². The molecule has 1 aliphatic heterocycles. The molecule has 0 atom stereocenters. The van der Waals surface area contributed by atoms with Gasteiger partial charge in [0.25, 0.3) is 5.56 Å². The van der Waals surface area contributed by atoms with Gasteiger partial charge in [0.15, 0.2) is 5.65 Å². The Labute approximate surface area is 217 Å². The average Bonchev–Trinajstić information content (AvgIpc) is 3.78. The van der Waals surface area contributed by atoms with Crippen LogP contribution in [0.15, 0.2) is 34.6 Å². The molecular weight excluding hydrogens is 522 g/mol. The van der Waals surface area contributed by atoms with Crippen molar-refractivity contribution in [1.29, 1.82) is 0 Å². The van der Waals surface area contributed by atoms with Crippen molar-refractivity contribution in [3.63, 3.8) is 0 Å². The summed E-state index contributed by atoms with van der Waals surface area (Å²) in [5, 5.41) is 8.30. The Hall–Kier alpha value is -3.32. The molecular formula is C25H23F4N7OS. The molecule has 38 heavy (non-hydrogen) atoms. The number of rotatable bonds is 6. The average molecular weight is 546 g/mol. The van der Waals surface area contributed by atoms with Gasteiger partial charge in [0.2, 0.25) is 11.1 Å². The van der Waals surface area contributed by atoms with E-state index >= 15 is 0 Å². The van der Waals surface area contributed by atoms with E-state index in [4.69, 9.17) is 0 Å². The third kappa shape index (κ3) is 3.82. The van der Waals surface area contributed by atoms with Gasteiger partial charge >= 0.3 is 6.18 Å². The van der Waals surface area contributed by atoms with Crippen LogP contribution in [-0.2, 0) is 23.9 Å². The van der Waals surface area contributed by atoms with Gasteiger partial charge in [-0.15, -0.1) is 11.3 Å². The zero-order chi connectivity index (χ0) is 26.3. The fraction of sp³-hybridized carbons (Fsp3) is 0.440. The molecule has 0 radical (unpaired) electrons. The molecule has 2 saturated carbocycles. The maximum atomic E-state index is 13.6. The number of aromatic nitrogens is 5. The molecule has 3 aromatic heterocycles. The minimum absolute atomic E-state index is 0.000643. The van der Waals surface area contributed by atoms with Crippen molar-refractivity contribution in [3.05, 3.63) is 57.0 Å². The lowest BCUT2D eigenvalue weighted by atomic mass is 9.88. The van der Waals surface area contributed by atoms with Crippen molar-refractivity contribution in [3.8, 4) is 5.13 Å². The van der Waals surface area contributed by atoms with Gasteiger partial charge in [0.05, 0.1) is 5.69 Å². The van der Waals surface area contributed by atoms with Gasteiger partial charge in [-0.1, -0.05) is 6.07 Å². The number of anilines is 2. The highest BCUT2D eigenvalue weighted by Crippen LogP contribution is 2.51. The van der Waals surface area contributed by atoms with Crippen molar-refractivity contribution in [2.24, 2.45) is 0 Å². The third-order valence-corrected chi connectivity index (χ3v) is 8.71. The van der Waals surface area contributed by atoms with Gasteiger partial charge in [0, 0.05) is 41.2 Å². The summed E-state index contributed by atoms with van der Waals surface area (Å²) in [7, 11) is 0. The second-order valence-electron chi connectivity index (χ2n) is 10.5. The molecule has 4 heterocycles. The Morgan fingerprint density at radius 3 is 2.68 bits per heavy atom. The molecule has 1 spiro atoms. The molecule has 4 aromatic rings. The van der Waals surface area contributed by atoms with Gasteiger partial charge in [-0.2, -0.15) is 18.2 Å². The van der Waals surface area contributed by atoms with Gasteiger partial charge in [0.1, 0.15) is 18.6 Å². The number of hydrogen-bond acceptors (Lipinski definition) is 7. The molecule has 2 N–H and O–H groups in total. The van der Waals surface area contributed by atoms with Crippen LogP contribution in [-0.4, -0.2) is 43.7 Å². The van der Waals surface area contributed by atoms with E-state index in [1.54, 1.807) is 5.38 Å².